The summed E-state index contributed by atoms with van der Waals surface area (Å²) in [5.41, 5.74) is 4.14. The zero-order valence-corrected chi connectivity index (χ0v) is 24.2. The van der Waals surface area contributed by atoms with Crippen molar-refractivity contribution in [2.45, 2.75) is 38.1 Å². The molecular weight excluding hydrogens is 522 g/mol. The summed E-state index contributed by atoms with van der Waals surface area (Å²) >= 11 is 0. The molecule has 0 aliphatic carbocycles. The highest BCUT2D eigenvalue weighted by Crippen LogP contribution is 2.23. The van der Waals surface area contributed by atoms with E-state index in [2.05, 4.69) is 59.4 Å². The topological polar surface area (TPSA) is 87.0 Å². The normalized spacial score (nSPS) is 16.1. The first-order valence-corrected chi connectivity index (χ1v) is 15.6. The van der Waals surface area contributed by atoms with Crippen molar-refractivity contribution in [3.05, 3.63) is 98.7 Å². The summed E-state index contributed by atoms with van der Waals surface area (Å²) in [6.45, 7) is 7.97. The van der Waals surface area contributed by atoms with Gasteiger partial charge in [0.2, 0.25) is 0 Å². The van der Waals surface area contributed by atoms with Crippen LogP contribution in [0.4, 0.5) is 11.4 Å². The van der Waals surface area contributed by atoms with E-state index in [1.165, 1.54) is 11.8 Å². The third-order valence-corrected chi connectivity index (χ3v) is 9.58. The van der Waals surface area contributed by atoms with Gasteiger partial charge in [-0.15, -0.1) is 0 Å². The lowest BCUT2D eigenvalue weighted by Gasteiger charge is -2.34. The maximum Gasteiger partial charge on any atom is 0.252 e. The minimum absolute atomic E-state index is 0.00573. The van der Waals surface area contributed by atoms with Crippen LogP contribution < -0.4 is 26.5 Å². The van der Waals surface area contributed by atoms with Crippen LogP contribution in [0.1, 0.15) is 32.3 Å². The van der Waals surface area contributed by atoms with Crippen LogP contribution in [0.2, 0.25) is 0 Å². The molecule has 1 N–H and O–H groups in total. The van der Waals surface area contributed by atoms with Crippen LogP contribution in [0.25, 0.3) is 6.08 Å². The van der Waals surface area contributed by atoms with Crippen molar-refractivity contribution in [2.24, 2.45) is 4.99 Å². The lowest BCUT2D eigenvalue weighted by molar-refractivity contribution is 0.313. The van der Waals surface area contributed by atoms with Crippen molar-refractivity contribution >= 4 is 27.3 Å². The number of sulfone groups is 1. The van der Waals surface area contributed by atoms with E-state index in [4.69, 9.17) is 4.99 Å². The van der Waals surface area contributed by atoms with E-state index < -0.39 is 9.84 Å². The van der Waals surface area contributed by atoms with Crippen LogP contribution >= 0.6 is 0 Å². The van der Waals surface area contributed by atoms with E-state index >= 15 is 0 Å². The maximum absolute atomic E-state index is 13.2. The fourth-order valence-corrected chi connectivity index (χ4v) is 6.32. The SMILES string of the molecule is CCC1=C(Nc2ccc(N3CCN(C)CC3)cc2)N=c2c(ccc(=O)n2Cc2ccccc2S(=O)(=O)CC)=CC1. The molecule has 3 heterocycles. The smallest absolute Gasteiger partial charge is 0.252 e. The molecule has 8 nitrogen and oxygen atoms in total. The molecule has 3 aromatic rings. The average molecular weight is 560 g/mol. The minimum Gasteiger partial charge on any atom is -0.369 e. The second-order valence-electron chi connectivity index (χ2n) is 10.3. The van der Waals surface area contributed by atoms with E-state index in [9.17, 15) is 13.2 Å². The number of allylic oxidation sites excluding steroid dienone is 1. The number of nitrogens with zero attached hydrogens (tertiary/aromatic N) is 4. The monoisotopic (exact) mass is 559 g/mol. The number of hydrogen-bond donors (Lipinski definition) is 1. The molecule has 2 aliphatic heterocycles. The van der Waals surface area contributed by atoms with Gasteiger partial charge in [0.1, 0.15) is 11.3 Å². The largest absolute Gasteiger partial charge is 0.369 e. The Labute approximate surface area is 235 Å². The number of benzene rings is 2. The average Bonchev–Trinajstić information content (AvgIpc) is 3.14. The number of aromatic nitrogens is 1. The van der Waals surface area contributed by atoms with Crippen LogP contribution in [0.5, 0.6) is 0 Å². The fourth-order valence-electron chi connectivity index (χ4n) is 5.19. The number of rotatable bonds is 8. The summed E-state index contributed by atoms with van der Waals surface area (Å²) in [6, 6.07) is 18.6. The van der Waals surface area contributed by atoms with Gasteiger partial charge in [-0.25, -0.2) is 13.4 Å². The summed E-state index contributed by atoms with van der Waals surface area (Å²) in [7, 11) is -1.30. The van der Waals surface area contributed by atoms with Crippen LogP contribution in [0.3, 0.4) is 0 Å². The Hall–Kier alpha value is -3.69. The highest BCUT2D eigenvalue weighted by molar-refractivity contribution is 7.91. The molecule has 0 unspecified atom stereocenters. The lowest BCUT2D eigenvalue weighted by atomic mass is 10.1. The molecule has 2 aromatic carbocycles. The molecule has 40 heavy (non-hydrogen) atoms. The zero-order chi connectivity index (χ0) is 28.3. The van der Waals surface area contributed by atoms with Crippen LogP contribution in [0.15, 0.2) is 86.7 Å². The number of hydrogen-bond acceptors (Lipinski definition) is 7. The highest BCUT2D eigenvalue weighted by atomic mass is 32.2. The van der Waals surface area contributed by atoms with Gasteiger partial charge in [-0.05, 0) is 67.4 Å². The van der Waals surface area contributed by atoms with Gasteiger partial charge in [-0.1, -0.05) is 38.1 Å². The van der Waals surface area contributed by atoms with Gasteiger partial charge < -0.3 is 15.1 Å². The molecule has 0 amide bonds. The first kappa shape index (κ1) is 27.9. The van der Waals surface area contributed by atoms with Gasteiger partial charge in [0.15, 0.2) is 9.84 Å². The fraction of sp³-hybridized carbons (Fsp3) is 0.355. The number of fused-ring (bicyclic) bond motifs is 1. The third kappa shape index (κ3) is 5.90. The molecule has 9 heteroatoms. The predicted molar refractivity (Wildman–Crippen MR) is 161 cm³/mol. The second kappa shape index (κ2) is 11.8. The molecule has 5 rings (SSSR count). The Balaban J connectivity index is 1.51. The summed E-state index contributed by atoms with van der Waals surface area (Å²) < 4.78 is 27.1. The van der Waals surface area contributed by atoms with E-state index in [1.54, 1.807) is 41.8 Å². The van der Waals surface area contributed by atoms with E-state index in [0.717, 1.165) is 54.9 Å². The van der Waals surface area contributed by atoms with Gasteiger partial charge in [-0.3, -0.25) is 9.36 Å². The van der Waals surface area contributed by atoms with Crippen molar-refractivity contribution in [2.75, 3.05) is 49.2 Å². The molecule has 0 radical (unpaired) electrons. The number of anilines is 2. The molecule has 1 fully saturated rings. The van der Waals surface area contributed by atoms with Crippen LogP contribution in [0, 0.1) is 0 Å². The Bertz CT molecular complexity index is 1700. The van der Waals surface area contributed by atoms with E-state index in [-0.39, 0.29) is 22.8 Å². The van der Waals surface area contributed by atoms with Gasteiger partial charge >= 0.3 is 0 Å². The van der Waals surface area contributed by atoms with Crippen LogP contribution in [-0.4, -0.2) is 56.9 Å². The van der Waals surface area contributed by atoms with Crippen molar-refractivity contribution in [1.82, 2.24) is 9.47 Å². The molecule has 1 aromatic heterocycles. The Kier molecular flexibility index (Phi) is 8.23. The van der Waals surface area contributed by atoms with Crippen molar-refractivity contribution < 1.29 is 8.42 Å². The standard InChI is InChI=1S/C31H37N5O3S/c1-4-23-10-11-24-12-17-29(37)36(22-25-8-6-7-9-28(25)40(38,39)5-2)31(24)33-30(23)32-26-13-15-27(16-14-26)35-20-18-34(3)19-21-35/h6-9,11-17,32H,4-5,10,18-22H2,1-3H3. The maximum atomic E-state index is 13.2. The summed E-state index contributed by atoms with van der Waals surface area (Å²) in [5.74, 6) is 0.715. The summed E-state index contributed by atoms with van der Waals surface area (Å²) in [4.78, 5) is 23.2. The highest BCUT2D eigenvalue weighted by Gasteiger charge is 2.18. The number of nitrogens with one attached hydrogen (secondary N) is 1. The molecule has 0 saturated carbocycles. The van der Waals surface area contributed by atoms with Gasteiger partial charge in [0.25, 0.3) is 5.56 Å². The Morgan fingerprint density at radius 3 is 2.35 bits per heavy atom. The molecule has 1 saturated heterocycles. The first-order valence-electron chi connectivity index (χ1n) is 13.9. The van der Waals surface area contributed by atoms with Gasteiger partial charge in [0, 0.05) is 48.8 Å². The Morgan fingerprint density at radius 2 is 1.65 bits per heavy atom. The molecule has 2 aliphatic rings. The summed E-state index contributed by atoms with van der Waals surface area (Å²) in [5, 5.41) is 4.36. The number of likely N-dealkylation sites (N-methyl/N-ethyl adjacent to an activating group) is 1. The molecule has 0 bridgehead atoms. The minimum atomic E-state index is -3.45. The third-order valence-electron chi connectivity index (χ3n) is 7.75. The molecule has 210 valence electrons. The number of pyridine rings is 1. The zero-order valence-electron chi connectivity index (χ0n) is 23.4. The van der Waals surface area contributed by atoms with Crippen molar-refractivity contribution in [1.29, 1.82) is 0 Å². The quantitative estimate of drug-likeness (QED) is 0.457. The van der Waals surface area contributed by atoms with Crippen molar-refractivity contribution in [3.8, 4) is 0 Å². The van der Waals surface area contributed by atoms with Gasteiger partial charge in [0.05, 0.1) is 17.2 Å². The molecular formula is C31H37N5O3S. The van der Waals surface area contributed by atoms with Crippen LogP contribution in [-0.2, 0) is 16.4 Å². The van der Waals surface area contributed by atoms with Crippen molar-refractivity contribution in [3.63, 3.8) is 0 Å². The number of piperazine rings is 1. The van der Waals surface area contributed by atoms with Gasteiger partial charge in [-0.2, -0.15) is 0 Å². The molecule has 0 spiro atoms. The van der Waals surface area contributed by atoms with E-state index in [1.807, 2.05) is 0 Å². The lowest BCUT2D eigenvalue weighted by Crippen LogP contribution is -2.44. The summed E-state index contributed by atoms with van der Waals surface area (Å²) in [6.07, 6.45) is 3.60. The first-order chi connectivity index (χ1) is 19.3. The Morgan fingerprint density at radius 1 is 0.925 bits per heavy atom. The second-order valence-corrected chi connectivity index (χ2v) is 12.6. The predicted octanol–water partition coefficient (Wildman–Crippen LogP) is 2.98. The molecule has 0 atom stereocenters. The van der Waals surface area contributed by atoms with E-state index in [0.29, 0.717) is 17.5 Å².